The maximum atomic E-state index is 13.0. The second-order valence-electron chi connectivity index (χ2n) is 8.34. The van der Waals surface area contributed by atoms with Gasteiger partial charge < -0.3 is 20.1 Å². The summed E-state index contributed by atoms with van der Waals surface area (Å²) in [5.74, 6) is -1.66. The molecule has 174 valence electrons. The van der Waals surface area contributed by atoms with E-state index in [1.165, 1.54) is 4.90 Å². The van der Waals surface area contributed by atoms with Crippen LogP contribution in [0, 0.1) is 0 Å². The van der Waals surface area contributed by atoms with Crippen LogP contribution in [0.25, 0.3) is 11.1 Å². The van der Waals surface area contributed by atoms with E-state index in [2.05, 4.69) is 24.0 Å². The first-order valence-electron chi connectivity index (χ1n) is 11.1. The topological polar surface area (TPSA) is 95.9 Å². The van der Waals surface area contributed by atoms with Gasteiger partial charge >= 0.3 is 12.1 Å². The van der Waals surface area contributed by atoms with Gasteiger partial charge in [-0.3, -0.25) is 9.59 Å². The van der Waals surface area contributed by atoms with Crippen LogP contribution in [0.1, 0.15) is 43.7 Å². The lowest BCUT2D eigenvalue weighted by atomic mass is 9.98. The number of hydrogen-bond acceptors (Lipinski definition) is 4. The summed E-state index contributed by atoms with van der Waals surface area (Å²) in [5.41, 5.74) is 4.45. The molecule has 1 aliphatic rings. The van der Waals surface area contributed by atoms with Gasteiger partial charge in [-0.1, -0.05) is 54.6 Å². The van der Waals surface area contributed by atoms with Crippen LogP contribution in [0.5, 0.6) is 0 Å². The van der Waals surface area contributed by atoms with Crippen LogP contribution in [-0.4, -0.2) is 53.2 Å². The summed E-state index contributed by atoms with van der Waals surface area (Å²) in [6.45, 7) is 6.83. The normalized spacial score (nSPS) is 13.1. The van der Waals surface area contributed by atoms with Gasteiger partial charge in [0.15, 0.2) is 0 Å². The second kappa shape index (κ2) is 10.8. The highest BCUT2D eigenvalue weighted by Crippen LogP contribution is 2.44. The van der Waals surface area contributed by atoms with E-state index in [9.17, 15) is 14.4 Å². The zero-order chi connectivity index (χ0) is 24.0. The van der Waals surface area contributed by atoms with Crippen LogP contribution in [-0.2, 0) is 14.3 Å². The lowest BCUT2D eigenvalue weighted by Gasteiger charge is -2.29. The molecule has 0 aliphatic heterocycles. The lowest BCUT2D eigenvalue weighted by molar-refractivity contribution is -0.146. The number of nitrogens with zero attached hydrogens (tertiary/aromatic N) is 1. The third kappa shape index (κ3) is 5.61. The molecular formula is C26H30N2O5. The van der Waals surface area contributed by atoms with E-state index in [4.69, 9.17) is 9.84 Å². The van der Waals surface area contributed by atoms with Crippen LogP contribution in [0.3, 0.4) is 0 Å². The molecule has 0 spiro atoms. The average molecular weight is 451 g/mol. The highest BCUT2D eigenvalue weighted by molar-refractivity contribution is 5.88. The van der Waals surface area contributed by atoms with Gasteiger partial charge in [0.05, 0.1) is 0 Å². The fourth-order valence-electron chi connectivity index (χ4n) is 4.19. The fourth-order valence-corrected chi connectivity index (χ4v) is 4.19. The molecule has 1 atom stereocenters. The first-order valence-corrected chi connectivity index (χ1v) is 11.1. The third-order valence-electron chi connectivity index (χ3n) is 5.81. The predicted molar refractivity (Wildman–Crippen MR) is 126 cm³/mol. The van der Waals surface area contributed by atoms with Crippen LogP contribution in [0.15, 0.2) is 61.2 Å². The van der Waals surface area contributed by atoms with Gasteiger partial charge in [0, 0.05) is 12.0 Å². The largest absolute Gasteiger partial charge is 0.480 e. The minimum atomic E-state index is -1.11. The molecule has 2 N–H and O–H groups in total. The van der Waals surface area contributed by atoms with E-state index >= 15 is 0 Å². The van der Waals surface area contributed by atoms with E-state index in [0.29, 0.717) is 12.8 Å². The Kier molecular flexibility index (Phi) is 7.87. The smallest absolute Gasteiger partial charge is 0.407 e. The standard InChI is InChI=1S/C26H30N2O5/c1-4-5-14-23(25(31)28(17(2)3)15-24(29)30)27-26(32)33-16-22-20-12-8-6-10-18(20)19-11-7-9-13-21(19)22/h4,6-13,17,22-23H,1,5,14-16H2,2-3H3,(H,27,32)(H,29,30). The maximum Gasteiger partial charge on any atom is 0.407 e. The average Bonchev–Trinajstić information content (AvgIpc) is 3.12. The number of benzene rings is 2. The lowest BCUT2D eigenvalue weighted by Crippen LogP contribution is -2.52. The van der Waals surface area contributed by atoms with E-state index in [1.807, 2.05) is 36.4 Å². The number of carbonyl (C=O) groups is 3. The van der Waals surface area contributed by atoms with E-state index < -0.39 is 30.6 Å². The van der Waals surface area contributed by atoms with Crippen LogP contribution in [0.4, 0.5) is 4.79 Å². The van der Waals surface area contributed by atoms with Crippen molar-refractivity contribution in [3.63, 3.8) is 0 Å². The molecule has 0 radical (unpaired) electrons. The van der Waals surface area contributed by atoms with Crippen molar-refractivity contribution >= 4 is 18.0 Å². The zero-order valence-corrected chi connectivity index (χ0v) is 19.0. The van der Waals surface area contributed by atoms with E-state index in [0.717, 1.165) is 22.3 Å². The number of allylic oxidation sites excluding steroid dienone is 1. The number of carboxylic acids is 1. The number of ether oxygens (including phenoxy) is 1. The Balaban J connectivity index is 1.70. The predicted octanol–water partition coefficient (Wildman–Crippen LogP) is 4.18. The second-order valence-corrected chi connectivity index (χ2v) is 8.34. The minimum absolute atomic E-state index is 0.0929. The first kappa shape index (κ1) is 24.0. The van der Waals surface area contributed by atoms with Gasteiger partial charge in [0.25, 0.3) is 0 Å². The third-order valence-corrected chi connectivity index (χ3v) is 5.81. The first-order chi connectivity index (χ1) is 15.8. The van der Waals surface area contributed by atoms with Gasteiger partial charge in [0.1, 0.15) is 19.2 Å². The summed E-state index contributed by atoms with van der Waals surface area (Å²) in [5, 5.41) is 11.8. The number of fused-ring (bicyclic) bond motifs is 3. The monoisotopic (exact) mass is 450 g/mol. The summed E-state index contributed by atoms with van der Waals surface area (Å²) >= 11 is 0. The molecule has 0 fully saturated rings. The Hall–Kier alpha value is -3.61. The summed E-state index contributed by atoms with van der Waals surface area (Å²) in [4.78, 5) is 38.1. The minimum Gasteiger partial charge on any atom is -0.480 e. The molecule has 2 aromatic rings. The Morgan fingerprint density at radius 1 is 1.09 bits per heavy atom. The summed E-state index contributed by atoms with van der Waals surface area (Å²) in [6.07, 6.45) is 1.73. The molecule has 2 amide bonds. The van der Waals surface area contributed by atoms with Crippen molar-refractivity contribution in [1.29, 1.82) is 0 Å². The molecule has 3 rings (SSSR count). The van der Waals surface area contributed by atoms with Gasteiger partial charge in [-0.05, 0) is 48.9 Å². The Morgan fingerprint density at radius 3 is 2.18 bits per heavy atom. The number of rotatable bonds is 10. The molecular weight excluding hydrogens is 420 g/mol. The molecule has 0 saturated heterocycles. The van der Waals surface area contributed by atoms with Crippen molar-refractivity contribution in [1.82, 2.24) is 10.2 Å². The molecule has 7 nitrogen and oxygen atoms in total. The molecule has 2 aromatic carbocycles. The number of nitrogens with one attached hydrogen (secondary N) is 1. The van der Waals surface area contributed by atoms with Crippen molar-refractivity contribution in [2.45, 2.75) is 44.7 Å². The molecule has 0 bridgehead atoms. The van der Waals surface area contributed by atoms with Crippen LogP contribution < -0.4 is 5.32 Å². The summed E-state index contributed by atoms with van der Waals surface area (Å²) in [6, 6.07) is 14.8. The quantitative estimate of drug-likeness (QED) is 0.530. The van der Waals surface area contributed by atoms with Gasteiger partial charge in [-0.25, -0.2) is 4.79 Å². The summed E-state index contributed by atoms with van der Waals surface area (Å²) in [7, 11) is 0. The number of hydrogen-bond donors (Lipinski definition) is 2. The van der Waals surface area contributed by atoms with E-state index in [-0.39, 0.29) is 18.6 Å². The Bertz CT molecular complexity index is 987. The maximum absolute atomic E-state index is 13.0. The molecule has 0 saturated carbocycles. The molecule has 1 aliphatic carbocycles. The highest BCUT2D eigenvalue weighted by atomic mass is 16.5. The number of aliphatic carboxylic acids is 1. The van der Waals surface area contributed by atoms with Crippen molar-refractivity contribution < 1.29 is 24.2 Å². The van der Waals surface area contributed by atoms with Gasteiger partial charge in [-0.2, -0.15) is 0 Å². The van der Waals surface area contributed by atoms with Crippen molar-refractivity contribution in [3.8, 4) is 11.1 Å². The van der Waals surface area contributed by atoms with Crippen molar-refractivity contribution in [3.05, 3.63) is 72.3 Å². The van der Waals surface area contributed by atoms with Crippen molar-refractivity contribution in [2.75, 3.05) is 13.2 Å². The Labute approximate surface area is 194 Å². The highest BCUT2D eigenvalue weighted by Gasteiger charge is 2.31. The molecule has 0 aromatic heterocycles. The molecule has 0 heterocycles. The number of carboxylic acid groups (broad SMARTS) is 1. The molecule has 33 heavy (non-hydrogen) atoms. The van der Waals surface area contributed by atoms with Crippen LogP contribution >= 0.6 is 0 Å². The van der Waals surface area contributed by atoms with Gasteiger partial charge in [-0.15, -0.1) is 6.58 Å². The zero-order valence-electron chi connectivity index (χ0n) is 19.0. The Morgan fingerprint density at radius 2 is 1.67 bits per heavy atom. The number of carbonyl (C=O) groups excluding carboxylic acids is 2. The molecule has 1 unspecified atom stereocenters. The van der Waals surface area contributed by atoms with E-state index in [1.54, 1.807) is 19.9 Å². The number of amides is 2. The SMILES string of the molecule is C=CCCC(NC(=O)OCC1c2ccccc2-c2ccccc21)C(=O)N(CC(=O)O)C(C)C. The van der Waals surface area contributed by atoms with Crippen molar-refractivity contribution in [2.24, 2.45) is 0 Å². The molecule has 7 heteroatoms. The number of alkyl carbamates (subject to hydrolysis) is 1. The fraction of sp³-hybridized carbons (Fsp3) is 0.346. The van der Waals surface area contributed by atoms with Crippen LogP contribution in [0.2, 0.25) is 0 Å². The van der Waals surface area contributed by atoms with Gasteiger partial charge in [0.2, 0.25) is 5.91 Å². The summed E-state index contributed by atoms with van der Waals surface area (Å²) < 4.78 is 5.56.